The Morgan fingerprint density at radius 1 is 1.41 bits per heavy atom. The average Bonchev–Trinajstić information content (AvgIpc) is 2.15. The molecule has 1 rings (SSSR count). The number of ether oxygens (including phenoxy) is 1. The summed E-state index contributed by atoms with van der Waals surface area (Å²) in [5, 5.41) is 10.0. The Labute approximate surface area is 110 Å². The van der Waals surface area contributed by atoms with Gasteiger partial charge < -0.3 is 14.7 Å². The summed E-state index contributed by atoms with van der Waals surface area (Å²) in [6.07, 6.45) is 0.571. The molecule has 0 spiro atoms. The van der Waals surface area contributed by atoms with E-state index in [1.165, 1.54) is 0 Å². The third kappa shape index (κ3) is 4.57. The maximum atomic E-state index is 11.8. The van der Waals surface area contributed by atoms with E-state index in [4.69, 9.17) is 4.74 Å². The minimum absolute atomic E-state index is 0.327. The van der Waals surface area contributed by atoms with Crippen molar-refractivity contribution in [1.29, 1.82) is 0 Å². The summed E-state index contributed by atoms with van der Waals surface area (Å²) in [5.74, 6) is 2.71. The van der Waals surface area contributed by atoms with Crippen molar-refractivity contribution >= 4 is 22.0 Å². The molecular weight excluding hydrogens is 286 g/mol. The highest BCUT2D eigenvalue weighted by molar-refractivity contribution is 9.12. The second kappa shape index (κ2) is 5.28. The van der Waals surface area contributed by atoms with E-state index in [0.29, 0.717) is 25.9 Å². The van der Waals surface area contributed by atoms with Gasteiger partial charge in [0, 0.05) is 41.9 Å². The Balaban J connectivity index is 2.52. The zero-order valence-electron chi connectivity index (χ0n) is 10.4. The molecule has 1 N–H and O–H groups in total. The maximum Gasteiger partial charge on any atom is 0.410 e. The lowest BCUT2D eigenvalue weighted by Crippen LogP contribution is -2.47. The molecule has 96 valence electrons. The van der Waals surface area contributed by atoms with E-state index < -0.39 is 11.2 Å². The molecule has 1 heterocycles. The monoisotopic (exact) mass is 303 g/mol. The van der Waals surface area contributed by atoms with Gasteiger partial charge >= 0.3 is 6.09 Å². The molecule has 0 bridgehead atoms. The van der Waals surface area contributed by atoms with Crippen LogP contribution in [0.25, 0.3) is 0 Å². The molecule has 0 aromatic carbocycles. The number of aliphatic hydroxyl groups is 1. The number of amides is 1. The Hall–Kier alpha value is -0.730. The van der Waals surface area contributed by atoms with Crippen molar-refractivity contribution in [3.8, 4) is 10.8 Å². The van der Waals surface area contributed by atoms with E-state index in [2.05, 4.69) is 26.7 Å². The van der Waals surface area contributed by atoms with Gasteiger partial charge in [-0.1, -0.05) is 5.92 Å². The van der Waals surface area contributed by atoms with Crippen LogP contribution in [-0.2, 0) is 4.74 Å². The summed E-state index contributed by atoms with van der Waals surface area (Å²) in [5.41, 5.74) is -1.47. The number of likely N-dealkylation sites (tertiary alicyclic amines) is 1. The number of nitrogens with zero attached hydrogens (tertiary/aromatic N) is 1. The zero-order valence-corrected chi connectivity index (χ0v) is 12.0. The minimum atomic E-state index is -0.984. The lowest BCUT2D eigenvalue weighted by atomic mass is 9.93. The molecule has 1 fully saturated rings. The van der Waals surface area contributed by atoms with Gasteiger partial charge in [0.05, 0.1) is 0 Å². The fourth-order valence-corrected chi connectivity index (χ4v) is 1.97. The van der Waals surface area contributed by atoms with Crippen LogP contribution in [0.4, 0.5) is 4.79 Å². The van der Waals surface area contributed by atoms with E-state index >= 15 is 0 Å². The highest BCUT2D eigenvalue weighted by Crippen LogP contribution is 2.23. The van der Waals surface area contributed by atoms with Crippen molar-refractivity contribution in [2.45, 2.75) is 44.8 Å². The number of carbonyl (C=O) groups is 1. The van der Waals surface area contributed by atoms with Crippen LogP contribution >= 0.6 is 15.9 Å². The van der Waals surface area contributed by atoms with Crippen LogP contribution in [-0.4, -0.2) is 40.4 Å². The van der Waals surface area contributed by atoms with Gasteiger partial charge in [-0.05, 0) is 25.6 Å². The summed E-state index contributed by atoms with van der Waals surface area (Å²) in [4.78, 5) is 15.9. The van der Waals surface area contributed by atoms with Gasteiger partial charge in [-0.3, -0.25) is 0 Å². The molecule has 0 radical (unpaired) electrons. The number of hydrogen-bond acceptors (Lipinski definition) is 3. The number of halogens is 1. The lowest BCUT2D eigenvalue weighted by Gasteiger charge is -2.35. The molecule has 0 aliphatic carbocycles. The minimum Gasteiger partial charge on any atom is -0.444 e. The largest absolute Gasteiger partial charge is 0.444 e. The third-order valence-corrected chi connectivity index (χ3v) is 2.72. The van der Waals surface area contributed by atoms with Gasteiger partial charge in [0.15, 0.2) is 0 Å². The molecule has 0 aromatic rings. The first-order valence-electron chi connectivity index (χ1n) is 5.59. The Bertz CT molecular complexity index is 343. The maximum absolute atomic E-state index is 11.8. The molecule has 1 amide bonds. The van der Waals surface area contributed by atoms with Crippen molar-refractivity contribution in [2.75, 3.05) is 13.1 Å². The van der Waals surface area contributed by atoms with Crippen molar-refractivity contribution in [3.05, 3.63) is 0 Å². The number of piperidine rings is 1. The fraction of sp³-hybridized carbons (Fsp3) is 0.750. The van der Waals surface area contributed by atoms with Crippen molar-refractivity contribution in [2.24, 2.45) is 0 Å². The van der Waals surface area contributed by atoms with E-state index in [1.807, 2.05) is 20.8 Å². The molecule has 4 nitrogen and oxygen atoms in total. The van der Waals surface area contributed by atoms with Gasteiger partial charge in [-0.25, -0.2) is 4.79 Å². The first-order chi connectivity index (χ1) is 7.76. The number of rotatable bonds is 0. The van der Waals surface area contributed by atoms with Crippen molar-refractivity contribution in [1.82, 2.24) is 4.90 Å². The van der Waals surface area contributed by atoms with Crippen LogP contribution in [0.3, 0.4) is 0 Å². The molecular formula is C12H18BrNO3. The smallest absolute Gasteiger partial charge is 0.410 e. The van der Waals surface area contributed by atoms with Crippen LogP contribution < -0.4 is 0 Å². The van der Waals surface area contributed by atoms with Gasteiger partial charge in [0.1, 0.15) is 11.2 Å². The Morgan fingerprint density at radius 2 is 1.94 bits per heavy atom. The van der Waals surface area contributed by atoms with Crippen LogP contribution in [0.1, 0.15) is 33.6 Å². The normalized spacial score (nSPS) is 19.2. The van der Waals surface area contributed by atoms with E-state index in [-0.39, 0.29) is 6.09 Å². The second-order valence-electron chi connectivity index (χ2n) is 5.22. The molecule has 0 saturated carbocycles. The van der Waals surface area contributed by atoms with Crippen molar-refractivity contribution < 1.29 is 14.6 Å². The topological polar surface area (TPSA) is 49.8 Å². The van der Waals surface area contributed by atoms with Crippen LogP contribution in [0.5, 0.6) is 0 Å². The summed E-state index contributed by atoms with van der Waals surface area (Å²) < 4.78 is 5.27. The van der Waals surface area contributed by atoms with Crippen LogP contribution in [0.2, 0.25) is 0 Å². The molecule has 1 aliphatic heterocycles. The number of hydrogen-bond donors (Lipinski definition) is 1. The summed E-state index contributed by atoms with van der Waals surface area (Å²) in [7, 11) is 0. The van der Waals surface area contributed by atoms with Crippen LogP contribution in [0.15, 0.2) is 0 Å². The molecule has 0 atom stereocenters. The zero-order chi connectivity index (χ0) is 13.1. The molecule has 5 heteroatoms. The highest BCUT2D eigenvalue weighted by atomic mass is 79.9. The predicted octanol–water partition coefficient (Wildman–Crippen LogP) is 2.10. The molecule has 1 aliphatic rings. The molecule has 0 unspecified atom stereocenters. The summed E-state index contributed by atoms with van der Waals surface area (Å²) in [6.45, 7) is 6.44. The Kier molecular flexibility index (Phi) is 4.45. The van der Waals surface area contributed by atoms with Gasteiger partial charge in [0.25, 0.3) is 0 Å². The first kappa shape index (κ1) is 14.3. The fourth-order valence-electron chi connectivity index (χ4n) is 1.60. The second-order valence-corrected chi connectivity index (χ2v) is 5.61. The standard InChI is InChI=1S/C12H18BrNO3/c1-11(2,3)17-10(15)14-8-5-12(16,4-7-13)6-9-14/h16H,5-6,8-9H2,1-3H3. The SMILES string of the molecule is CC(C)(C)OC(=O)N1CCC(O)(C#CBr)CC1. The highest BCUT2D eigenvalue weighted by Gasteiger charge is 2.33. The Morgan fingerprint density at radius 3 is 2.35 bits per heavy atom. The van der Waals surface area contributed by atoms with E-state index in [1.54, 1.807) is 4.90 Å². The van der Waals surface area contributed by atoms with E-state index in [0.717, 1.165) is 0 Å². The molecule has 1 saturated heterocycles. The van der Waals surface area contributed by atoms with Gasteiger partial charge in [-0.15, -0.1) is 0 Å². The lowest BCUT2D eigenvalue weighted by molar-refractivity contribution is -0.00510. The first-order valence-corrected chi connectivity index (χ1v) is 6.38. The summed E-state index contributed by atoms with van der Waals surface area (Å²) in [6, 6.07) is 0. The molecule has 17 heavy (non-hydrogen) atoms. The van der Waals surface area contributed by atoms with E-state index in [9.17, 15) is 9.90 Å². The third-order valence-electron chi connectivity index (χ3n) is 2.52. The quantitative estimate of drug-likeness (QED) is 0.697. The van der Waals surface area contributed by atoms with Crippen molar-refractivity contribution in [3.63, 3.8) is 0 Å². The summed E-state index contributed by atoms with van der Waals surface area (Å²) >= 11 is 2.98. The van der Waals surface area contributed by atoms with Crippen LogP contribution in [0, 0.1) is 10.8 Å². The number of carbonyl (C=O) groups excluding carboxylic acids is 1. The average molecular weight is 304 g/mol. The van der Waals surface area contributed by atoms with Gasteiger partial charge in [-0.2, -0.15) is 0 Å². The predicted molar refractivity (Wildman–Crippen MR) is 68.7 cm³/mol. The van der Waals surface area contributed by atoms with Gasteiger partial charge in [0.2, 0.25) is 0 Å². The molecule has 0 aromatic heterocycles.